The Kier molecular flexibility index (Phi) is 70.5. The molecular weight excluding hydrogens is 1010 g/mol. The summed E-state index contributed by atoms with van der Waals surface area (Å²) in [5, 5.41) is 0. The first-order valence-corrected chi connectivity index (χ1v) is 38.0. The van der Waals surface area contributed by atoms with Crippen LogP contribution in [0.2, 0.25) is 0 Å². The molecule has 0 rings (SSSR count). The van der Waals surface area contributed by atoms with Gasteiger partial charge in [0.15, 0.2) is 6.10 Å². The van der Waals surface area contributed by atoms with E-state index in [0.717, 1.165) is 57.8 Å². The van der Waals surface area contributed by atoms with Crippen LogP contribution in [0.4, 0.5) is 0 Å². The summed E-state index contributed by atoms with van der Waals surface area (Å²) in [4.78, 5) is 38.5. The Bertz CT molecular complexity index is 1240. The minimum absolute atomic E-state index is 0.0601. The van der Waals surface area contributed by atoms with Gasteiger partial charge in [0.1, 0.15) is 13.2 Å². The molecule has 0 spiro atoms. The topological polar surface area (TPSA) is 78.9 Å². The summed E-state index contributed by atoms with van der Waals surface area (Å²) in [5.74, 6) is -0.818. The van der Waals surface area contributed by atoms with E-state index in [4.69, 9.17) is 14.2 Å². The molecule has 6 nitrogen and oxygen atoms in total. The Balaban J connectivity index is 4.13. The van der Waals surface area contributed by atoms with Crippen LogP contribution in [0.1, 0.15) is 451 Å². The van der Waals surface area contributed by atoms with Crippen molar-refractivity contribution in [2.24, 2.45) is 0 Å². The van der Waals surface area contributed by atoms with E-state index in [0.29, 0.717) is 19.3 Å². The Morgan fingerprint density at radius 1 is 0.195 bits per heavy atom. The normalized spacial score (nSPS) is 11.9. The number of esters is 3. The lowest BCUT2D eigenvalue weighted by Gasteiger charge is -2.18. The van der Waals surface area contributed by atoms with E-state index in [9.17, 15) is 14.4 Å². The molecule has 1 atom stereocenters. The minimum atomic E-state index is -0.764. The van der Waals surface area contributed by atoms with Crippen LogP contribution < -0.4 is 0 Å². The van der Waals surface area contributed by atoms with Crippen LogP contribution in [0.5, 0.6) is 0 Å². The molecule has 0 amide bonds. The first-order chi connectivity index (χ1) is 40.5. The van der Waals surface area contributed by atoms with Crippen LogP contribution in [0.25, 0.3) is 0 Å². The van der Waals surface area contributed by atoms with E-state index >= 15 is 0 Å². The molecule has 0 radical (unpaired) electrons. The molecule has 0 aliphatic rings. The minimum Gasteiger partial charge on any atom is -0.462 e. The predicted octanol–water partition coefficient (Wildman–Crippen LogP) is 26.2. The van der Waals surface area contributed by atoms with E-state index in [1.54, 1.807) is 0 Å². The van der Waals surface area contributed by atoms with Crippen LogP contribution in [0, 0.1) is 0 Å². The molecule has 0 aromatic carbocycles. The molecule has 0 aliphatic heterocycles. The fourth-order valence-electron chi connectivity index (χ4n) is 12.2. The van der Waals surface area contributed by atoms with Gasteiger partial charge in [-0.25, -0.2) is 0 Å². The number of hydrogen-bond acceptors (Lipinski definition) is 6. The van der Waals surface area contributed by atoms with Crippen molar-refractivity contribution in [3.8, 4) is 0 Å². The van der Waals surface area contributed by atoms with E-state index in [-0.39, 0.29) is 31.1 Å². The van der Waals surface area contributed by atoms with Gasteiger partial charge in [-0.2, -0.15) is 0 Å². The van der Waals surface area contributed by atoms with Crippen molar-refractivity contribution in [2.45, 2.75) is 457 Å². The fourth-order valence-corrected chi connectivity index (χ4v) is 12.2. The average molecular weight is 1160 g/mol. The Morgan fingerprint density at radius 3 is 0.488 bits per heavy atom. The van der Waals surface area contributed by atoms with Crippen molar-refractivity contribution >= 4 is 17.9 Å². The molecule has 0 aromatic rings. The molecule has 0 fully saturated rings. The maximum Gasteiger partial charge on any atom is 0.306 e. The molecule has 488 valence electrons. The number of rotatable bonds is 72. The summed E-state index contributed by atoms with van der Waals surface area (Å²) in [7, 11) is 0. The molecule has 0 heterocycles. The molecule has 0 aromatic heterocycles. The van der Waals surface area contributed by atoms with Crippen molar-refractivity contribution in [3.05, 3.63) is 0 Å². The highest BCUT2D eigenvalue weighted by molar-refractivity contribution is 5.71. The lowest BCUT2D eigenvalue weighted by molar-refractivity contribution is -0.167. The molecule has 0 bridgehead atoms. The van der Waals surface area contributed by atoms with Crippen molar-refractivity contribution in [1.82, 2.24) is 0 Å². The van der Waals surface area contributed by atoms with Gasteiger partial charge >= 0.3 is 17.9 Å². The highest BCUT2D eigenvalue weighted by atomic mass is 16.6. The Labute approximate surface area is 514 Å². The summed E-state index contributed by atoms with van der Waals surface area (Å²) in [6.07, 6.45) is 85.9. The van der Waals surface area contributed by atoms with Crippen LogP contribution in [0.15, 0.2) is 0 Å². The molecule has 0 saturated carbocycles. The van der Waals surface area contributed by atoms with Gasteiger partial charge < -0.3 is 14.2 Å². The third-order valence-electron chi connectivity index (χ3n) is 17.9. The number of ether oxygens (including phenoxy) is 3. The summed E-state index contributed by atoms with van der Waals surface area (Å²) < 4.78 is 17.0. The van der Waals surface area contributed by atoms with E-state index in [2.05, 4.69) is 20.8 Å². The van der Waals surface area contributed by atoms with Crippen molar-refractivity contribution in [2.75, 3.05) is 13.2 Å². The van der Waals surface area contributed by atoms with Gasteiger partial charge in [-0.15, -0.1) is 0 Å². The van der Waals surface area contributed by atoms with Crippen molar-refractivity contribution in [3.63, 3.8) is 0 Å². The molecule has 0 N–H and O–H groups in total. The van der Waals surface area contributed by atoms with E-state index in [1.807, 2.05) is 0 Å². The van der Waals surface area contributed by atoms with Crippen LogP contribution in [-0.4, -0.2) is 37.2 Å². The summed E-state index contributed by atoms with van der Waals surface area (Å²) >= 11 is 0. The number of carbonyl (C=O) groups excluding carboxylic acids is 3. The molecule has 1 unspecified atom stereocenters. The zero-order valence-electron chi connectivity index (χ0n) is 56.3. The second-order valence-corrected chi connectivity index (χ2v) is 26.3. The van der Waals surface area contributed by atoms with E-state index < -0.39 is 6.10 Å². The van der Waals surface area contributed by atoms with Crippen LogP contribution in [-0.2, 0) is 28.6 Å². The number of hydrogen-bond donors (Lipinski definition) is 0. The lowest BCUT2D eigenvalue weighted by atomic mass is 10.0. The lowest BCUT2D eigenvalue weighted by Crippen LogP contribution is -2.30. The largest absolute Gasteiger partial charge is 0.462 e. The maximum absolute atomic E-state index is 13.0. The average Bonchev–Trinajstić information content (AvgIpc) is 3.47. The SMILES string of the molecule is CCCCCCCCCCCCCCCCCCCCCCCCCCCCCC(=O)OCC(COC(=O)CCCCCCCCCCCCCC)OC(=O)CCCCCCCCCCCCCCCCCCCCCCCCCCC. The van der Waals surface area contributed by atoms with Crippen LogP contribution in [0.3, 0.4) is 0 Å². The predicted molar refractivity (Wildman–Crippen MR) is 358 cm³/mol. The highest BCUT2D eigenvalue weighted by Gasteiger charge is 2.20. The summed E-state index contributed by atoms with van der Waals surface area (Å²) in [5.41, 5.74) is 0. The monoisotopic (exact) mass is 1160 g/mol. The van der Waals surface area contributed by atoms with Crippen LogP contribution >= 0.6 is 0 Å². The van der Waals surface area contributed by atoms with Gasteiger partial charge in [-0.3, -0.25) is 14.4 Å². The zero-order valence-corrected chi connectivity index (χ0v) is 56.3. The van der Waals surface area contributed by atoms with Gasteiger partial charge in [-0.1, -0.05) is 412 Å². The third-order valence-corrected chi connectivity index (χ3v) is 17.9. The molecular formula is C76H148O6. The fraction of sp³-hybridized carbons (Fsp3) is 0.961. The van der Waals surface area contributed by atoms with Gasteiger partial charge in [0.05, 0.1) is 0 Å². The second kappa shape index (κ2) is 71.9. The second-order valence-electron chi connectivity index (χ2n) is 26.3. The summed E-state index contributed by atoms with van der Waals surface area (Å²) in [6.45, 7) is 6.75. The van der Waals surface area contributed by atoms with Crippen molar-refractivity contribution in [1.29, 1.82) is 0 Å². The Hall–Kier alpha value is -1.59. The molecule has 0 saturated heterocycles. The van der Waals surface area contributed by atoms with Gasteiger partial charge in [0, 0.05) is 19.3 Å². The quantitative estimate of drug-likeness (QED) is 0.0343. The first-order valence-electron chi connectivity index (χ1n) is 38.0. The number of unbranched alkanes of at least 4 members (excludes halogenated alkanes) is 61. The van der Waals surface area contributed by atoms with Gasteiger partial charge in [-0.05, 0) is 19.3 Å². The molecule has 6 heteroatoms. The smallest absolute Gasteiger partial charge is 0.306 e. The summed E-state index contributed by atoms with van der Waals surface area (Å²) in [6, 6.07) is 0. The Morgan fingerprint density at radius 2 is 0.329 bits per heavy atom. The van der Waals surface area contributed by atoms with Crippen molar-refractivity contribution < 1.29 is 28.6 Å². The zero-order chi connectivity index (χ0) is 59.2. The first kappa shape index (κ1) is 80.4. The molecule has 82 heavy (non-hydrogen) atoms. The maximum atomic E-state index is 13.0. The van der Waals surface area contributed by atoms with Gasteiger partial charge in [0.2, 0.25) is 0 Å². The highest BCUT2D eigenvalue weighted by Crippen LogP contribution is 2.20. The standard InChI is InChI=1S/C76H148O6/c1-4-7-10-13-16-19-22-25-27-29-31-33-35-37-38-40-41-43-45-47-49-51-54-57-60-63-66-69-75(78)81-72-73(71-80-74(77)68-65-62-59-56-53-24-21-18-15-12-9-6-3)82-76(79)70-67-64-61-58-55-52-50-48-46-44-42-39-36-34-32-30-28-26-23-20-17-14-11-8-5-2/h73H,4-72H2,1-3H3. The molecule has 0 aliphatic carbocycles. The number of carbonyl (C=O) groups is 3. The van der Waals surface area contributed by atoms with Gasteiger partial charge in [0.25, 0.3) is 0 Å². The van der Waals surface area contributed by atoms with E-state index in [1.165, 1.54) is 353 Å². The third kappa shape index (κ3) is 69.2.